The quantitative estimate of drug-likeness (QED) is 0.696. The van der Waals surface area contributed by atoms with E-state index in [1.165, 1.54) is 17.6 Å². The van der Waals surface area contributed by atoms with Crippen molar-refractivity contribution < 1.29 is 13.2 Å². The van der Waals surface area contributed by atoms with E-state index in [4.69, 9.17) is 0 Å². The van der Waals surface area contributed by atoms with Gasteiger partial charge in [-0.15, -0.1) is 11.3 Å². The summed E-state index contributed by atoms with van der Waals surface area (Å²) in [4.78, 5) is 20.4. The van der Waals surface area contributed by atoms with Gasteiger partial charge in [-0.3, -0.25) is 9.69 Å². The van der Waals surface area contributed by atoms with Gasteiger partial charge in [0.15, 0.2) is 5.13 Å². The second kappa shape index (κ2) is 9.34. The molecule has 1 aromatic carbocycles. The van der Waals surface area contributed by atoms with Crippen LogP contribution in [0.5, 0.6) is 0 Å². The fourth-order valence-corrected chi connectivity index (χ4v) is 5.30. The molecule has 7 nitrogen and oxygen atoms in total. The van der Waals surface area contributed by atoms with Crippen molar-refractivity contribution in [2.75, 3.05) is 31.2 Å². The molecule has 9 heteroatoms. The standard InChI is InChI=1S/C20H28N4O3S2/c1-14(2)19-18(15-7-5-4-6-8-15)22-20(28-19)21-17(25)13-24-11-9-16(10-12-24)23-29(3,26)27/h4-8,14,16,23H,9-13H2,1-3H3,(H,21,22,25). The zero-order valence-corrected chi connectivity index (χ0v) is 18.6. The monoisotopic (exact) mass is 436 g/mol. The maximum absolute atomic E-state index is 12.5. The molecule has 1 amide bonds. The molecule has 2 aromatic rings. The Labute approximate surface area is 176 Å². The molecule has 0 spiro atoms. The lowest BCUT2D eigenvalue weighted by molar-refractivity contribution is -0.117. The van der Waals surface area contributed by atoms with Crippen molar-refractivity contribution in [2.24, 2.45) is 0 Å². The van der Waals surface area contributed by atoms with Crippen molar-refractivity contribution in [3.05, 3.63) is 35.2 Å². The molecule has 2 N–H and O–H groups in total. The number of aromatic nitrogens is 1. The van der Waals surface area contributed by atoms with Gasteiger partial charge in [0.05, 0.1) is 18.5 Å². The van der Waals surface area contributed by atoms with Crippen LogP contribution in [0.2, 0.25) is 0 Å². The molecular formula is C20H28N4O3S2. The normalized spacial score (nSPS) is 16.3. The Bertz CT molecular complexity index is 934. The van der Waals surface area contributed by atoms with Gasteiger partial charge in [-0.1, -0.05) is 44.2 Å². The van der Waals surface area contributed by atoms with Crippen molar-refractivity contribution >= 4 is 32.4 Å². The molecule has 1 saturated heterocycles. The zero-order valence-electron chi connectivity index (χ0n) is 17.0. The molecule has 0 atom stereocenters. The summed E-state index contributed by atoms with van der Waals surface area (Å²) >= 11 is 1.52. The number of benzene rings is 1. The van der Waals surface area contributed by atoms with E-state index in [1.54, 1.807) is 0 Å². The van der Waals surface area contributed by atoms with E-state index in [2.05, 4.69) is 28.9 Å². The molecule has 2 heterocycles. The number of nitrogens with one attached hydrogen (secondary N) is 2. The Hall–Kier alpha value is -1.81. The van der Waals surface area contributed by atoms with Crippen LogP contribution in [0, 0.1) is 0 Å². The van der Waals surface area contributed by atoms with Crippen molar-refractivity contribution in [3.8, 4) is 11.3 Å². The van der Waals surface area contributed by atoms with E-state index in [1.807, 2.05) is 35.2 Å². The molecule has 3 rings (SSSR count). The summed E-state index contributed by atoms with van der Waals surface area (Å²) < 4.78 is 25.3. The topological polar surface area (TPSA) is 91.4 Å². The highest BCUT2D eigenvalue weighted by molar-refractivity contribution is 7.88. The average molecular weight is 437 g/mol. The largest absolute Gasteiger partial charge is 0.301 e. The number of rotatable bonds is 7. The van der Waals surface area contributed by atoms with E-state index >= 15 is 0 Å². The third kappa shape index (κ3) is 6.33. The van der Waals surface area contributed by atoms with Gasteiger partial charge in [0, 0.05) is 29.6 Å². The zero-order chi connectivity index (χ0) is 21.0. The predicted octanol–water partition coefficient (Wildman–Crippen LogP) is 2.89. The molecule has 29 heavy (non-hydrogen) atoms. The minimum absolute atomic E-state index is 0.0506. The van der Waals surface area contributed by atoms with Gasteiger partial charge in [-0.25, -0.2) is 18.1 Å². The van der Waals surface area contributed by atoms with Crippen LogP contribution < -0.4 is 10.0 Å². The number of nitrogens with zero attached hydrogens (tertiary/aromatic N) is 2. The fraction of sp³-hybridized carbons (Fsp3) is 0.500. The Balaban J connectivity index is 1.59. The average Bonchev–Trinajstić information content (AvgIpc) is 3.07. The molecule has 1 aliphatic rings. The van der Waals surface area contributed by atoms with Crippen molar-refractivity contribution in [3.63, 3.8) is 0 Å². The Morgan fingerprint density at radius 3 is 2.48 bits per heavy atom. The van der Waals surface area contributed by atoms with Gasteiger partial charge in [-0.2, -0.15) is 0 Å². The number of thiazole rings is 1. The minimum Gasteiger partial charge on any atom is -0.301 e. The van der Waals surface area contributed by atoms with E-state index in [9.17, 15) is 13.2 Å². The molecule has 1 aromatic heterocycles. The maximum atomic E-state index is 12.5. The molecule has 0 radical (unpaired) electrons. The molecule has 1 fully saturated rings. The Kier molecular flexibility index (Phi) is 7.05. The van der Waals surface area contributed by atoms with Gasteiger partial charge < -0.3 is 5.32 Å². The number of hydrogen-bond donors (Lipinski definition) is 2. The second-order valence-corrected chi connectivity index (χ2v) is 10.6. The first-order chi connectivity index (χ1) is 13.7. The van der Waals surface area contributed by atoms with Crippen LogP contribution in [-0.4, -0.2) is 56.1 Å². The summed E-state index contributed by atoms with van der Waals surface area (Å²) in [7, 11) is -3.19. The Morgan fingerprint density at radius 1 is 1.24 bits per heavy atom. The first kappa shape index (κ1) is 21.9. The summed E-state index contributed by atoms with van der Waals surface area (Å²) in [6.45, 7) is 5.90. The van der Waals surface area contributed by atoms with Gasteiger partial charge in [0.1, 0.15) is 0 Å². The van der Waals surface area contributed by atoms with Crippen LogP contribution in [0.4, 0.5) is 5.13 Å². The predicted molar refractivity (Wildman–Crippen MR) is 118 cm³/mol. The smallest absolute Gasteiger partial charge is 0.240 e. The molecule has 0 saturated carbocycles. The number of sulfonamides is 1. The third-order valence-electron chi connectivity index (χ3n) is 4.81. The van der Waals surface area contributed by atoms with Crippen LogP contribution in [0.15, 0.2) is 30.3 Å². The van der Waals surface area contributed by atoms with Gasteiger partial charge in [-0.05, 0) is 18.8 Å². The van der Waals surface area contributed by atoms with Gasteiger partial charge in [0.25, 0.3) is 0 Å². The summed E-state index contributed by atoms with van der Waals surface area (Å²) in [6, 6.07) is 9.95. The number of piperidine rings is 1. The minimum atomic E-state index is -3.19. The summed E-state index contributed by atoms with van der Waals surface area (Å²) in [5, 5.41) is 3.56. The van der Waals surface area contributed by atoms with Gasteiger partial charge >= 0.3 is 0 Å². The van der Waals surface area contributed by atoms with E-state index in [-0.39, 0.29) is 18.5 Å². The number of anilines is 1. The lowest BCUT2D eigenvalue weighted by Gasteiger charge is -2.31. The highest BCUT2D eigenvalue weighted by Crippen LogP contribution is 2.36. The Morgan fingerprint density at radius 2 is 1.90 bits per heavy atom. The third-order valence-corrected chi connectivity index (χ3v) is 6.84. The molecule has 158 valence electrons. The number of carbonyl (C=O) groups is 1. The van der Waals surface area contributed by atoms with Crippen LogP contribution in [0.25, 0.3) is 11.3 Å². The number of likely N-dealkylation sites (tertiary alicyclic amines) is 1. The number of amides is 1. The second-order valence-electron chi connectivity index (χ2n) is 7.74. The summed E-state index contributed by atoms with van der Waals surface area (Å²) in [6.07, 6.45) is 2.58. The molecular weight excluding hydrogens is 408 g/mol. The lowest BCUT2D eigenvalue weighted by Crippen LogP contribution is -2.46. The molecule has 0 bridgehead atoms. The summed E-state index contributed by atoms with van der Waals surface area (Å²) in [5.74, 6) is 0.220. The molecule has 0 aliphatic carbocycles. The maximum Gasteiger partial charge on any atom is 0.240 e. The van der Waals surface area contributed by atoms with E-state index in [0.29, 0.717) is 37.0 Å². The highest BCUT2D eigenvalue weighted by Gasteiger charge is 2.23. The first-order valence-corrected chi connectivity index (χ1v) is 12.5. The fourth-order valence-electron chi connectivity index (χ4n) is 3.45. The molecule has 1 aliphatic heterocycles. The summed E-state index contributed by atoms with van der Waals surface area (Å²) in [5.41, 5.74) is 1.97. The van der Waals surface area contributed by atoms with E-state index in [0.717, 1.165) is 16.1 Å². The van der Waals surface area contributed by atoms with Crippen LogP contribution >= 0.6 is 11.3 Å². The molecule has 0 unspecified atom stereocenters. The first-order valence-electron chi connectivity index (χ1n) is 9.77. The van der Waals surface area contributed by atoms with Crippen molar-refractivity contribution in [1.29, 1.82) is 0 Å². The van der Waals surface area contributed by atoms with Crippen LogP contribution in [0.1, 0.15) is 37.5 Å². The van der Waals surface area contributed by atoms with Crippen molar-refractivity contribution in [2.45, 2.75) is 38.6 Å². The van der Waals surface area contributed by atoms with Crippen LogP contribution in [0.3, 0.4) is 0 Å². The number of carbonyl (C=O) groups excluding carboxylic acids is 1. The lowest BCUT2D eigenvalue weighted by atomic mass is 10.1. The van der Waals surface area contributed by atoms with Crippen molar-refractivity contribution in [1.82, 2.24) is 14.6 Å². The highest BCUT2D eigenvalue weighted by atomic mass is 32.2. The number of hydrogen-bond acceptors (Lipinski definition) is 6. The SMILES string of the molecule is CC(C)c1sc(NC(=O)CN2CCC(NS(C)(=O)=O)CC2)nc1-c1ccccc1. The van der Waals surface area contributed by atoms with E-state index < -0.39 is 10.0 Å². The van der Waals surface area contributed by atoms with Crippen LogP contribution in [-0.2, 0) is 14.8 Å². The van der Waals surface area contributed by atoms with Gasteiger partial charge in [0.2, 0.25) is 15.9 Å².